The van der Waals surface area contributed by atoms with E-state index in [0.29, 0.717) is 29.5 Å². The number of nitrogens with one attached hydrogen (secondary N) is 2. The summed E-state index contributed by atoms with van der Waals surface area (Å²) in [5.74, 6) is 2.10. The molecule has 172 valence electrons. The monoisotopic (exact) mass is 475 g/mol. The van der Waals surface area contributed by atoms with E-state index >= 15 is 0 Å². The summed E-state index contributed by atoms with van der Waals surface area (Å²) in [6, 6.07) is 19.7. The smallest absolute Gasteiger partial charge is 0.286 e. The number of H-pyrrole nitrogens is 1. The standard InChI is InChI=1S/C25H21N3O5S/c1-14(32-16-8-6-15(7-9-16)12-22-24(30)28-25(31)34-22)23-26-18-11-10-17(13-19(18)27-23)33-21-5-3-2-4-20(21)29/h2-11,13-14,22,29H,12H2,1H3,(H,26,27)(H,28,30,31). The molecule has 0 spiro atoms. The molecule has 0 bridgehead atoms. The van der Waals surface area contributed by atoms with Crippen LogP contribution in [0, 0.1) is 0 Å². The Morgan fingerprint density at radius 1 is 1.06 bits per heavy atom. The molecule has 1 aliphatic rings. The van der Waals surface area contributed by atoms with Crippen LogP contribution < -0.4 is 14.8 Å². The van der Waals surface area contributed by atoms with Crippen LogP contribution in [0.4, 0.5) is 4.79 Å². The maximum absolute atomic E-state index is 11.8. The largest absolute Gasteiger partial charge is 0.504 e. The molecule has 4 aromatic rings. The number of carbonyl (C=O) groups is 2. The normalized spacial score (nSPS) is 16.4. The summed E-state index contributed by atoms with van der Waals surface area (Å²) in [7, 11) is 0. The second kappa shape index (κ2) is 9.11. The highest BCUT2D eigenvalue weighted by molar-refractivity contribution is 8.15. The zero-order chi connectivity index (χ0) is 23.7. The number of aromatic hydroxyl groups is 1. The van der Waals surface area contributed by atoms with E-state index in [-0.39, 0.29) is 23.0 Å². The van der Waals surface area contributed by atoms with Crippen LogP contribution in [0.25, 0.3) is 11.0 Å². The first kappa shape index (κ1) is 21.8. The molecule has 2 atom stereocenters. The Balaban J connectivity index is 1.25. The van der Waals surface area contributed by atoms with Crippen LogP contribution in [-0.2, 0) is 11.2 Å². The summed E-state index contributed by atoms with van der Waals surface area (Å²) in [5.41, 5.74) is 2.51. The van der Waals surface area contributed by atoms with Crippen molar-refractivity contribution in [2.75, 3.05) is 0 Å². The summed E-state index contributed by atoms with van der Waals surface area (Å²) in [4.78, 5) is 31.0. The minimum atomic E-state index is -0.395. The van der Waals surface area contributed by atoms with Crippen molar-refractivity contribution in [3.05, 3.63) is 78.1 Å². The quantitative estimate of drug-likeness (QED) is 0.341. The van der Waals surface area contributed by atoms with Crippen LogP contribution in [0.15, 0.2) is 66.7 Å². The van der Waals surface area contributed by atoms with Crippen molar-refractivity contribution in [2.24, 2.45) is 0 Å². The van der Waals surface area contributed by atoms with E-state index in [1.54, 1.807) is 30.3 Å². The number of para-hydroxylation sites is 2. The third kappa shape index (κ3) is 4.69. The third-order valence-corrected chi connectivity index (χ3v) is 6.36. The van der Waals surface area contributed by atoms with E-state index in [4.69, 9.17) is 9.47 Å². The van der Waals surface area contributed by atoms with Gasteiger partial charge in [0, 0.05) is 6.07 Å². The topological polar surface area (TPSA) is 114 Å². The number of imidazole rings is 1. The van der Waals surface area contributed by atoms with Gasteiger partial charge in [-0.25, -0.2) is 4.98 Å². The van der Waals surface area contributed by atoms with Gasteiger partial charge in [-0.15, -0.1) is 0 Å². The fourth-order valence-electron chi connectivity index (χ4n) is 3.64. The molecule has 3 aromatic carbocycles. The highest BCUT2D eigenvalue weighted by Gasteiger charge is 2.31. The average Bonchev–Trinajstić information content (AvgIpc) is 3.38. The number of nitrogens with zero attached hydrogens (tertiary/aromatic N) is 1. The van der Waals surface area contributed by atoms with Crippen molar-refractivity contribution < 1.29 is 24.2 Å². The number of benzene rings is 3. The van der Waals surface area contributed by atoms with Gasteiger partial charge in [0.05, 0.1) is 16.3 Å². The molecular formula is C25H21N3O5S. The fraction of sp³-hybridized carbons (Fsp3) is 0.160. The number of carbonyl (C=O) groups excluding carboxylic acids is 2. The molecule has 1 saturated heterocycles. The van der Waals surface area contributed by atoms with Crippen molar-refractivity contribution in [3.63, 3.8) is 0 Å². The molecule has 3 N–H and O–H groups in total. The van der Waals surface area contributed by atoms with E-state index in [1.807, 2.05) is 43.3 Å². The van der Waals surface area contributed by atoms with Gasteiger partial charge in [-0.05, 0) is 55.3 Å². The summed E-state index contributed by atoms with van der Waals surface area (Å²) >= 11 is 1.02. The van der Waals surface area contributed by atoms with Crippen LogP contribution in [0.5, 0.6) is 23.0 Å². The Bertz CT molecular complexity index is 1370. The Hall–Kier alpha value is -3.98. The maximum Gasteiger partial charge on any atom is 0.286 e. The van der Waals surface area contributed by atoms with Gasteiger partial charge in [0.25, 0.3) is 5.24 Å². The van der Waals surface area contributed by atoms with Gasteiger partial charge >= 0.3 is 0 Å². The number of hydrogen-bond acceptors (Lipinski definition) is 7. The maximum atomic E-state index is 11.8. The molecule has 2 heterocycles. The van der Waals surface area contributed by atoms with Crippen LogP contribution in [0.2, 0.25) is 0 Å². The lowest BCUT2D eigenvalue weighted by Crippen LogP contribution is -2.25. The number of aromatic amines is 1. The van der Waals surface area contributed by atoms with Gasteiger partial charge in [0.1, 0.15) is 17.3 Å². The van der Waals surface area contributed by atoms with Gasteiger partial charge in [0.2, 0.25) is 5.91 Å². The highest BCUT2D eigenvalue weighted by Crippen LogP contribution is 2.32. The highest BCUT2D eigenvalue weighted by atomic mass is 32.2. The second-order valence-corrected chi connectivity index (χ2v) is 9.04. The lowest BCUT2D eigenvalue weighted by Gasteiger charge is -2.13. The van der Waals surface area contributed by atoms with Gasteiger partial charge in [-0.3, -0.25) is 14.9 Å². The van der Waals surface area contributed by atoms with Gasteiger partial charge in [-0.2, -0.15) is 0 Å². The summed E-state index contributed by atoms with van der Waals surface area (Å²) < 4.78 is 11.8. The number of amides is 2. The predicted octanol–water partition coefficient (Wildman–Crippen LogP) is 5.09. The van der Waals surface area contributed by atoms with E-state index in [2.05, 4.69) is 15.3 Å². The molecule has 8 nitrogen and oxygen atoms in total. The molecule has 2 amide bonds. The summed E-state index contributed by atoms with van der Waals surface area (Å²) in [6.45, 7) is 1.90. The first-order valence-corrected chi connectivity index (χ1v) is 11.5. The molecule has 9 heteroatoms. The molecule has 1 fully saturated rings. The number of phenols is 1. The first-order chi connectivity index (χ1) is 16.4. The molecule has 1 aromatic heterocycles. The van der Waals surface area contributed by atoms with E-state index in [0.717, 1.165) is 28.4 Å². The molecule has 34 heavy (non-hydrogen) atoms. The van der Waals surface area contributed by atoms with Gasteiger partial charge < -0.3 is 19.6 Å². The Labute approximate surface area is 199 Å². The van der Waals surface area contributed by atoms with Crippen molar-refractivity contribution in [3.8, 4) is 23.0 Å². The van der Waals surface area contributed by atoms with Crippen LogP contribution in [0.1, 0.15) is 24.4 Å². The van der Waals surface area contributed by atoms with E-state index in [1.165, 1.54) is 0 Å². The third-order valence-electron chi connectivity index (χ3n) is 5.37. The van der Waals surface area contributed by atoms with Crippen LogP contribution in [-0.4, -0.2) is 31.5 Å². The molecule has 0 aliphatic carbocycles. The van der Waals surface area contributed by atoms with Crippen LogP contribution >= 0.6 is 11.8 Å². The molecule has 2 unspecified atom stereocenters. The van der Waals surface area contributed by atoms with Crippen molar-refractivity contribution in [2.45, 2.75) is 24.7 Å². The zero-order valence-corrected chi connectivity index (χ0v) is 19.0. The molecule has 1 aliphatic heterocycles. The summed E-state index contributed by atoms with van der Waals surface area (Å²) in [6.07, 6.45) is 0.141. The van der Waals surface area contributed by atoms with E-state index < -0.39 is 5.25 Å². The fourth-order valence-corrected chi connectivity index (χ4v) is 4.50. The predicted molar refractivity (Wildman–Crippen MR) is 128 cm³/mol. The number of ether oxygens (including phenoxy) is 2. The van der Waals surface area contributed by atoms with Gasteiger partial charge in [-0.1, -0.05) is 36.0 Å². The number of rotatable bonds is 7. The zero-order valence-electron chi connectivity index (χ0n) is 18.1. The lowest BCUT2D eigenvalue weighted by atomic mass is 10.1. The number of hydrogen-bond donors (Lipinski definition) is 3. The molecule has 0 radical (unpaired) electrons. The SMILES string of the molecule is CC(Oc1ccc(CC2SC(=O)NC2=O)cc1)c1nc2ccc(Oc3ccccc3O)cc2[nH]1. The molecular weight excluding hydrogens is 454 g/mol. The van der Waals surface area contributed by atoms with Crippen molar-refractivity contribution in [1.82, 2.24) is 15.3 Å². The lowest BCUT2D eigenvalue weighted by molar-refractivity contribution is -0.118. The summed E-state index contributed by atoms with van der Waals surface area (Å²) in [5, 5.41) is 11.5. The average molecular weight is 476 g/mol. The number of phenolic OH excluding ortho intramolecular Hbond substituents is 1. The number of thioether (sulfide) groups is 1. The minimum absolute atomic E-state index is 0.0692. The Kier molecular flexibility index (Phi) is 5.85. The second-order valence-electron chi connectivity index (χ2n) is 7.86. The number of aromatic nitrogens is 2. The molecule has 5 rings (SSSR count). The Morgan fingerprint density at radius 2 is 1.82 bits per heavy atom. The van der Waals surface area contributed by atoms with Crippen LogP contribution in [0.3, 0.4) is 0 Å². The van der Waals surface area contributed by atoms with E-state index in [9.17, 15) is 14.7 Å². The van der Waals surface area contributed by atoms with Gasteiger partial charge in [0.15, 0.2) is 17.6 Å². The Morgan fingerprint density at radius 3 is 2.56 bits per heavy atom. The minimum Gasteiger partial charge on any atom is -0.504 e. The van der Waals surface area contributed by atoms with Crippen molar-refractivity contribution >= 4 is 33.9 Å². The number of fused-ring (bicyclic) bond motifs is 1. The van der Waals surface area contributed by atoms with Crippen molar-refractivity contribution in [1.29, 1.82) is 0 Å². The first-order valence-electron chi connectivity index (χ1n) is 10.7. The number of imide groups is 1. The molecule has 0 saturated carbocycles.